The zero-order chi connectivity index (χ0) is 18.6. The maximum Gasteiger partial charge on any atom is 0.0924 e. The van der Waals surface area contributed by atoms with Gasteiger partial charge in [-0.3, -0.25) is 4.98 Å². The summed E-state index contributed by atoms with van der Waals surface area (Å²) >= 11 is 0. The Morgan fingerprint density at radius 2 is 1.92 bits per heavy atom. The van der Waals surface area contributed by atoms with E-state index in [1.807, 2.05) is 51.2 Å². The second kappa shape index (κ2) is 7.53. The summed E-state index contributed by atoms with van der Waals surface area (Å²) < 4.78 is 0. The van der Waals surface area contributed by atoms with Crippen molar-refractivity contribution < 1.29 is 10.2 Å². The lowest BCUT2D eigenvalue weighted by atomic mass is 9.91. The van der Waals surface area contributed by atoms with Crippen molar-refractivity contribution in [3.63, 3.8) is 0 Å². The van der Waals surface area contributed by atoms with Crippen LogP contribution in [-0.2, 0) is 6.61 Å². The number of pyridine rings is 1. The first-order chi connectivity index (χ1) is 11.7. The molecule has 1 aromatic carbocycles. The molecule has 0 saturated heterocycles. The van der Waals surface area contributed by atoms with Crippen LogP contribution in [0.5, 0.6) is 0 Å². The van der Waals surface area contributed by atoms with E-state index in [0.29, 0.717) is 12.2 Å². The van der Waals surface area contributed by atoms with Crippen molar-refractivity contribution >= 4 is 5.70 Å². The van der Waals surface area contributed by atoms with Crippen LogP contribution in [0.3, 0.4) is 0 Å². The molecule has 0 spiro atoms. The van der Waals surface area contributed by atoms with Crippen molar-refractivity contribution in [1.82, 2.24) is 10.3 Å². The van der Waals surface area contributed by atoms with Gasteiger partial charge in [-0.2, -0.15) is 0 Å². The molecule has 2 aromatic rings. The van der Waals surface area contributed by atoms with Gasteiger partial charge >= 0.3 is 0 Å². The number of nitrogens with one attached hydrogen (secondary N) is 1. The highest BCUT2D eigenvalue weighted by molar-refractivity contribution is 5.68. The van der Waals surface area contributed by atoms with Gasteiger partial charge in [-0.1, -0.05) is 45.2 Å². The summed E-state index contributed by atoms with van der Waals surface area (Å²) in [5.41, 5.74) is 4.95. The van der Waals surface area contributed by atoms with Crippen molar-refractivity contribution in [1.29, 1.82) is 0 Å². The van der Waals surface area contributed by atoms with Gasteiger partial charge in [0.2, 0.25) is 0 Å². The molecule has 4 heteroatoms. The van der Waals surface area contributed by atoms with Gasteiger partial charge in [-0.15, -0.1) is 0 Å². The van der Waals surface area contributed by atoms with Gasteiger partial charge in [0, 0.05) is 23.7 Å². The lowest BCUT2D eigenvalue weighted by molar-refractivity contribution is 0.259. The van der Waals surface area contributed by atoms with Crippen LogP contribution >= 0.6 is 0 Å². The van der Waals surface area contributed by atoms with Crippen LogP contribution in [0.15, 0.2) is 55.4 Å². The molecule has 0 aliphatic rings. The number of nitrogens with zero attached hydrogens (tertiary/aromatic N) is 1. The predicted octanol–water partition coefficient (Wildman–Crippen LogP) is 4.21. The normalized spacial score (nSPS) is 11.2. The van der Waals surface area contributed by atoms with Gasteiger partial charge in [0.05, 0.1) is 23.8 Å². The van der Waals surface area contributed by atoms with Crippen LogP contribution in [-0.4, -0.2) is 21.7 Å². The van der Waals surface area contributed by atoms with Gasteiger partial charge in [-0.25, -0.2) is 0 Å². The third-order valence-corrected chi connectivity index (χ3v) is 4.33. The van der Waals surface area contributed by atoms with E-state index in [1.165, 1.54) is 0 Å². The van der Waals surface area contributed by atoms with Crippen molar-refractivity contribution in [3.05, 3.63) is 72.3 Å². The first-order valence-electron chi connectivity index (χ1n) is 8.23. The van der Waals surface area contributed by atoms with Crippen LogP contribution in [0.25, 0.3) is 16.8 Å². The number of rotatable bonds is 7. The quantitative estimate of drug-likeness (QED) is 0.662. The smallest absolute Gasteiger partial charge is 0.0924 e. The summed E-state index contributed by atoms with van der Waals surface area (Å²) in [4.78, 5) is 4.55. The molecule has 0 aliphatic carbocycles. The third-order valence-electron chi connectivity index (χ3n) is 4.33. The Kier molecular flexibility index (Phi) is 5.65. The number of benzene rings is 1. The lowest BCUT2D eigenvalue weighted by Gasteiger charge is -2.25. The molecule has 3 N–H and O–H groups in total. The lowest BCUT2D eigenvalue weighted by Crippen LogP contribution is -2.30. The highest BCUT2D eigenvalue weighted by atomic mass is 16.3. The summed E-state index contributed by atoms with van der Waals surface area (Å²) in [6.45, 7) is 14.0. The highest BCUT2D eigenvalue weighted by Crippen LogP contribution is 2.25. The fourth-order valence-corrected chi connectivity index (χ4v) is 2.41. The molecule has 0 radical (unpaired) electrons. The van der Waals surface area contributed by atoms with Gasteiger partial charge < -0.3 is 15.5 Å². The van der Waals surface area contributed by atoms with E-state index in [4.69, 9.17) is 0 Å². The molecule has 2 rings (SSSR count). The van der Waals surface area contributed by atoms with E-state index in [1.54, 1.807) is 0 Å². The maximum atomic E-state index is 9.63. The number of aliphatic hydroxyl groups is 2. The zero-order valence-corrected chi connectivity index (χ0v) is 15.1. The number of hydrogen-bond acceptors (Lipinski definition) is 4. The summed E-state index contributed by atoms with van der Waals surface area (Å²) in [7, 11) is 0. The Morgan fingerprint density at radius 1 is 1.20 bits per heavy atom. The standard InChI is InChI=1S/C21H26N2O2/c1-14-9-19(18-8-6-7-17(10-18)12-24)11-22-20(14)15(2)23-13-21(4,5)16(3)25/h6-11,23-25H,2-3,12-13H2,1,4-5H3. The molecular weight excluding hydrogens is 312 g/mol. The monoisotopic (exact) mass is 338 g/mol. The second-order valence-corrected chi connectivity index (χ2v) is 6.91. The molecule has 4 nitrogen and oxygen atoms in total. The summed E-state index contributed by atoms with van der Waals surface area (Å²) in [5, 5.41) is 22.1. The molecule has 0 saturated carbocycles. The largest absolute Gasteiger partial charge is 0.512 e. The fourth-order valence-electron chi connectivity index (χ4n) is 2.41. The molecule has 25 heavy (non-hydrogen) atoms. The van der Waals surface area contributed by atoms with Gasteiger partial charge in [0.1, 0.15) is 0 Å². The third kappa shape index (κ3) is 4.48. The summed E-state index contributed by atoms with van der Waals surface area (Å²) in [6.07, 6.45) is 1.81. The zero-order valence-electron chi connectivity index (χ0n) is 15.1. The topological polar surface area (TPSA) is 65.4 Å². The van der Waals surface area contributed by atoms with Crippen LogP contribution in [0.2, 0.25) is 0 Å². The summed E-state index contributed by atoms with van der Waals surface area (Å²) in [6, 6.07) is 9.83. The van der Waals surface area contributed by atoms with Crippen LogP contribution in [0, 0.1) is 12.3 Å². The molecule has 0 amide bonds. The predicted molar refractivity (Wildman–Crippen MR) is 103 cm³/mol. The van der Waals surface area contributed by atoms with Crippen LogP contribution < -0.4 is 5.32 Å². The molecule has 0 fully saturated rings. The van der Waals surface area contributed by atoms with Crippen LogP contribution in [0.1, 0.15) is 30.7 Å². The molecule has 0 unspecified atom stereocenters. The average molecular weight is 338 g/mol. The SMILES string of the molecule is C=C(NCC(C)(C)C(=C)O)c1ncc(-c2cccc(CO)c2)cc1C. The maximum absolute atomic E-state index is 9.63. The Balaban J connectivity index is 2.18. The minimum Gasteiger partial charge on any atom is -0.512 e. The molecule has 132 valence electrons. The molecule has 1 heterocycles. The molecule has 0 aliphatic heterocycles. The molecule has 0 atom stereocenters. The summed E-state index contributed by atoms with van der Waals surface area (Å²) in [5.74, 6) is 0.136. The Hall–Kier alpha value is -2.59. The molecule has 1 aromatic heterocycles. The first kappa shape index (κ1) is 18.7. The van der Waals surface area contributed by atoms with E-state index >= 15 is 0 Å². The van der Waals surface area contributed by atoms with E-state index in [2.05, 4.69) is 29.5 Å². The van der Waals surface area contributed by atoms with Crippen molar-refractivity contribution in [2.75, 3.05) is 6.54 Å². The van der Waals surface area contributed by atoms with E-state index < -0.39 is 5.41 Å². The van der Waals surface area contributed by atoms with E-state index in [9.17, 15) is 10.2 Å². The Morgan fingerprint density at radius 3 is 2.52 bits per heavy atom. The van der Waals surface area contributed by atoms with Crippen molar-refractivity contribution in [2.45, 2.75) is 27.4 Å². The van der Waals surface area contributed by atoms with Crippen molar-refractivity contribution in [2.24, 2.45) is 5.41 Å². The minimum atomic E-state index is -0.443. The fraction of sp³-hybridized carbons (Fsp3) is 0.286. The molecule has 0 bridgehead atoms. The van der Waals surface area contributed by atoms with E-state index in [0.717, 1.165) is 27.9 Å². The second-order valence-electron chi connectivity index (χ2n) is 6.91. The minimum absolute atomic E-state index is 0.0188. The van der Waals surface area contributed by atoms with Gasteiger partial charge in [0.15, 0.2) is 0 Å². The Bertz CT molecular complexity index is 794. The number of aromatic nitrogens is 1. The number of hydrogen-bond donors (Lipinski definition) is 3. The molecular formula is C21H26N2O2. The van der Waals surface area contributed by atoms with Crippen molar-refractivity contribution in [3.8, 4) is 11.1 Å². The first-order valence-corrected chi connectivity index (χ1v) is 8.23. The average Bonchev–Trinajstić information content (AvgIpc) is 2.59. The number of aliphatic hydroxyl groups excluding tert-OH is 2. The Labute approximate surface area is 149 Å². The van der Waals surface area contributed by atoms with Crippen LogP contribution in [0.4, 0.5) is 0 Å². The van der Waals surface area contributed by atoms with Gasteiger partial charge in [-0.05, 0) is 35.7 Å². The van der Waals surface area contributed by atoms with Gasteiger partial charge in [0.25, 0.3) is 0 Å². The highest BCUT2D eigenvalue weighted by Gasteiger charge is 2.21. The number of aryl methyl sites for hydroxylation is 1. The van der Waals surface area contributed by atoms with E-state index in [-0.39, 0.29) is 12.4 Å².